The summed E-state index contributed by atoms with van der Waals surface area (Å²) in [5.74, 6) is 5.17. The van der Waals surface area contributed by atoms with Crippen molar-refractivity contribution in [1.82, 2.24) is 4.57 Å². The van der Waals surface area contributed by atoms with Gasteiger partial charge in [0.1, 0.15) is 0 Å². The Bertz CT molecular complexity index is 2540. The molecule has 0 aliphatic heterocycles. The fraction of sp³-hybridized carbons (Fsp3) is 0.321. The maximum Gasteiger partial charge on any atom is 0.0544 e. The standard InChI is InChI=1S/C53H50N2/c1-53(2)48-32-42(24-25-43(48)44-26-27-50-51(52(44)53)45-10-6-7-11-49(45)55(50)39-8-4-3-5-9-39)54(40-20-16-35(17-21-40)46-30-33-12-14-37(46)28-33)41-22-18-36(19-23-41)47-31-34-13-15-38(47)29-34/h3-11,16-27,32-34,37-38,46-47H,12-15,28-31H2,1-2H3. The minimum Gasteiger partial charge on any atom is -0.310 e. The Labute approximate surface area is 325 Å². The summed E-state index contributed by atoms with van der Waals surface area (Å²) in [6.07, 6.45) is 11.4. The van der Waals surface area contributed by atoms with Crippen LogP contribution in [0.2, 0.25) is 0 Å². The Morgan fingerprint density at radius 1 is 0.527 bits per heavy atom. The Morgan fingerprint density at radius 2 is 1.11 bits per heavy atom. The van der Waals surface area contributed by atoms with Crippen LogP contribution in [0.1, 0.15) is 99.3 Å². The summed E-state index contributed by atoms with van der Waals surface area (Å²) in [7, 11) is 0. The van der Waals surface area contributed by atoms with Crippen molar-refractivity contribution in [3.05, 3.63) is 156 Å². The molecule has 0 spiro atoms. The summed E-state index contributed by atoms with van der Waals surface area (Å²) in [5.41, 5.74) is 16.0. The number of fused-ring (bicyclic) bond motifs is 11. The van der Waals surface area contributed by atoms with Crippen LogP contribution in [0.5, 0.6) is 0 Å². The van der Waals surface area contributed by atoms with Gasteiger partial charge in [-0.05, 0) is 168 Å². The Hall–Kier alpha value is -5.08. The first kappa shape index (κ1) is 32.2. The van der Waals surface area contributed by atoms with Crippen molar-refractivity contribution in [2.75, 3.05) is 4.90 Å². The van der Waals surface area contributed by atoms with Gasteiger partial charge in [0.25, 0.3) is 0 Å². The van der Waals surface area contributed by atoms with Crippen molar-refractivity contribution in [3.8, 4) is 16.8 Å². The molecule has 4 bridgehead atoms. The smallest absolute Gasteiger partial charge is 0.0544 e. The average Bonchev–Trinajstić information content (AvgIpc) is 4.10. The van der Waals surface area contributed by atoms with E-state index < -0.39 is 0 Å². The molecule has 55 heavy (non-hydrogen) atoms. The Morgan fingerprint density at radius 3 is 1.71 bits per heavy atom. The van der Waals surface area contributed by atoms with Gasteiger partial charge in [0.15, 0.2) is 0 Å². The monoisotopic (exact) mass is 714 g/mol. The summed E-state index contributed by atoms with van der Waals surface area (Å²) in [4.78, 5) is 2.53. The molecule has 4 saturated carbocycles. The third-order valence-corrected chi connectivity index (χ3v) is 15.3. The quantitative estimate of drug-likeness (QED) is 0.166. The Balaban J connectivity index is 0.978. The SMILES string of the molecule is CC1(C)c2cc(N(c3ccc(C4CC5CCC4C5)cc3)c3ccc(C4CC5CCC4C5)cc3)ccc2-c2ccc3c(c21)c1ccccc1n3-c1ccccc1. The van der Waals surface area contributed by atoms with E-state index in [-0.39, 0.29) is 5.41 Å². The van der Waals surface area contributed by atoms with Crippen molar-refractivity contribution in [2.45, 2.75) is 82.5 Å². The molecule has 1 aromatic heterocycles. The topological polar surface area (TPSA) is 8.17 Å². The average molecular weight is 715 g/mol. The van der Waals surface area contributed by atoms with Gasteiger partial charge in [-0.2, -0.15) is 0 Å². The predicted octanol–water partition coefficient (Wildman–Crippen LogP) is 14.4. The molecule has 6 atom stereocenters. The highest BCUT2D eigenvalue weighted by molar-refractivity contribution is 6.14. The van der Waals surface area contributed by atoms with Gasteiger partial charge < -0.3 is 9.47 Å². The number of hydrogen-bond donors (Lipinski definition) is 0. The van der Waals surface area contributed by atoms with Crippen LogP contribution in [-0.2, 0) is 5.41 Å². The highest BCUT2D eigenvalue weighted by Gasteiger charge is 2.42. The lowest BCUT2D eigenvalue weighted by atomic mass is 9.80. The number of nitrogens with zero attached hydrogens (tertiary/aromatic N) is 2. The van der Waals surface area contributed by atoms with E-state index in [1.54, 1.807) is 11.1 Å². The van der Waals surface area contributed by atoms with Crippen molar-refractivity contribution in [3.63, 3.8) is 0 Å². The van der Waals surface area contributed by atoms with Crippen molar-refractivity contribution >= 4 is 38.9 Å². The molecular weight excluding hydrogens is 665 g/mol. The first-order chi connectivity index (χ1) is 27.0. The van der Waals surface area contributed by atoms with Gasteiger partial charge in [-0.15, -0.1) is 0 Å². The minimum atomic E-state index is -0.186. The predicted molar refractivity (Wildman–Crippen MR) is 229 cm³/mol. The van der Waals surface area contributed by atoms with Gasteiger partial charge in [0.2, 0.25) is 0 Å². The maximum absolute atomic E-state index is 2.53. The molecule has 4 fully saturated rings. The first-order valence-electron chi connectivity index (χ1n) is 21.3. The third-order valence-electron chi connectivity index (χ3n) is 15.3. The summed E-state index contributed by atoms with van der Waals surface area (Å²) in [5, 5.41) is 2.70. The molecule has 272 valence electrons. The number of anilines is 3. The van der Waals surface area contributed by atoms with E-state index in [9.17, 15) is 0 Å². The normalized spacial score (nSPS) is 25.6. The minimum absolute atomic E-state index is 0.186. The molecule has 6 aromatic carbocycles. The number of rotatable bonds is 6. The van der Waals surface area contributed by atoms with E-state index in [0.29, 0.717) is 0 Å². The summed E-state index contributed by atoms with van der Waals surface area (Å²) < 4.78 is 2.46. The van der Waals surface area contributed by atoms with Crippen LogP contribution in [0.15, 0.2) is 133 Å². The van der Waals surface area contributed by atoms with E-state index >= 15 is 0 Å². The zero-order valence-electron chi connectivity index (χ0n) is 32.2. The fourth-order valence-electron chi connectivity index (χ4n) is 12.8. The molecule has 0 amide bonds. The van der Waals surface area contributed by atoms with Crippen molar-refractivity contribution < 1.29 is 0 Å². The highest BCUT2D eigenvalue weighted by Crippen LogP contribution is 2.56. The molecule has 1 heterocycles. The van der Waals surface area contributed by atoms with Gasteiger partial charge >= 0.3 is 0 Å². The van der Waals surface area contributed by atoms with Crippen LogP contribution in [0.25, 0.3) is 38.6 Å². The summed E-state index contributed by atoms with van der Waals surface area (Å²) >= 11 is 0. The lowest BCUT2D eigenvalue weighted by molar-refractivity contribution is 0.420. The third kappa shape index (κ3) is 4.79. The van der Waals surface area contributed by atoms with Gasteiger partial charge in [-0.25, -0.2) is 0 Å². The van der Waals surface area contributed by atoms with Gasteiger partial charge in [-0.1, -0.05) is 99.5 Å². The van der Waals surface area contributed by atoms with Gasteiger partial charge in [0, 0.05) is 38.9 Å². The molecule has 6 unspecified atom stereocenters. The zero-order chi connectivity index (χ0) is 36.4. The summed E-state index contributed by atoms with van der Waals surface area (Å²) in [6, 6.07) is 51.4. The van der Waals surface area contributed by atoms with Crippen molar-refractivity contribution in [2.24, 2.45) is 23.7 Å². The van der Waals surface area contributed by atoms with E-state index in [2.05, 4.69) is 157 Å². The fourth-order valence-corrected chi connectivity index (χ4v) is 12.8. The van der Waals surface area contributed by atoms with Crippen LogP contribution in [0.4, 0.5) is 17.1 Å². The second kappa shape index (κ2) is 12.0. The van der Waals surface area contributed by atoms with Crippen LogP contribution in [0, 0.1) is 23.7 Å². The summed E-state index contributed by atoms with van der Waals surface area (Å²) in [6.45, 7) is 4.90. The van der Waals surface area contributed by atoms with Crippen molar-refractivity contribution in [1.29, 1.82) is 0 Å². The lowest BCUT2D eigenvalue weighted by Crippen LogP contribution is -2.17. The number of benzene rings is 6. The molecule has 7 aromatic rings. The molecule has 0 N–H and O–H groups in total. The zero-order valence-corrected chi connectivity index (χ0v) is 32.2. The van der Waals surface area contributed by atoms with E-state index in [1.165, 1.54) is 118 Å². The molecule has 2 heteroatoms. The molecule has 2 nitrogen and oxygen atoms in total. The maximum atomic E-state index is 2.53. The highest BCUT2D eigenvalue weighted by atomic mass is 15.1. The molecule has 5 aliphatic rings. The second-order valence-corrected chi connectivity index (χ2v) is 18.5. The number of aromatic nitrogens is 1. The van der Waals surface area contributed by atoms with E-state index in [4.69, 9.17) is 0 Å². The molecule has 0 saturated heterocycles. The molecule has 0 radical (unpaired) electrons. The van der Waals surface area contributed by atoms with Gasteiger partial charge in [0.05, 0.1) is 11.0 Å². The van der Waals surface area contributed by atoms with Crippen LogP contribution in [0.3, 0.4) is 0 Å². The molecule has 5 aliphatic carbocycles. The first-order valence-corrected chi connectivity index (χ1v) is 21.3. The van der Waals surface area contributed by atoms with E-state index in [1.807, 2.05) is 0 Å². The van der Waals surface area contributed by atoms with Crippen LogP contribution >= 0.6 is 0 Å². The second-order valence-electron chi connectivity index (χ2n) is 18.5. The van der Waals surface area contributed by atoms with Crippen LogP contribution < -0.4 is 4.90 Å². The van der Waals surface area contributed by atoms with E-state index in [0.717, 1.165) is 35.5 Å². The van der Waals surface area contributed by atoms with Crippen LogP contribution in [-0.4, -0.2) is 4.57 Å². The number of para-hydroxylation sites is 2. The molecular formula is C53H50N2. The molecule has 12 rings (SSSR count). The number of hydrogen-bond acceptors (Lipinski definition) is 1. The van der Waals surface area contributed by atoms with Gasteiger partial charge in [-0.3, -0.25) is 0 Å². The lowest BCUT2D eigenvalue weighted by Gasteiger charge is -2.29. The Kier molecular flexibility index (Phi) is 7.00. The largest absolute Gasteiger partial charge is 0.310 e.